The number of benzene rings is 2. The molecule has 1 aliphatic rings. The fourth-order valence-corrected chi connectivity index (χ4v) is 3.57. The maximum atomic E-state index is 13.0. The number of rotatable bonds is 4. The maximum absolute atomic E-state index is 13.0. The van der Waals surface area contributed by atoms with Crippen LogP contribution in [0.4, 0.5) is 0 Å². The third kappa shape index (κ3) is 4.19. The monoisotopic (exact) mass is 381 g/mol. The van der Waals surface area contributed by atoms with Crippen molar-refractivity contribution < 1.29 is 19.1 Å². The van der Waals surface area contributed by atoms with Crippen molar-refractivity contribution >= 4 is 11.9 Å². The highest BCUT2D eigenvalue weighted by molar-refractivity contribution is 5.86. The van der Waals surface area contributed by atoms with Gasteiger partial charge in [0.1, 0.15) is 11.8 Å². The topological polar surface area (TPSA) is 55.8 Å². The van der Waals surface area contributed by atoms with Crippen LogP contribution in [0.5, 0.6) is 5.75 Å². The minimum atomic E-state index is -0.631. The van der Waals surface area contributed by atoms with E-state index < -0.39 is 12.0 Å². The highest BCUT2D eigenvalue weighted by atomic mass is 16.5. The van der Waals surface area contributed by atoms with Crippen molar-refractivity contribution in [3.8, 4) is 5.75 Å². The molecule has 1 atom stereocenters. The van der Waals surface area contributed by atoms with Crippen LogP contribution in [0.1, 0.15) is 37.5 Å². The molecule has 28 heavy (non-hydrogen) atoms. The van der Waals surface area contributed by atoms with Gasteiger partial charge in [0.2, 0.25) is 0 Å². The Morgan fingerprint density at radius 1 is 1.04 bits per heavy atom. The van der Waals surface area contributed by atoms with Gasteiger partial charge in [0.05, 0.1) is 7.11 Å². The van der Waals surface area contributed by atoms with Gasteiger partial charge in [-0.3, -0.25) is 4.79 Å². The minimum absolute atomic E-state index is 0.0990. The molecule has 1 aliphatic heterocycles. The second-order valence-corrected chi connectivity index (χ2v) is 8.07. The van der Waals surface area contributed by atoms with Crippen molar-refractivity contribution in [3.63, 3.8) is 0 Å². The van der Waals surface area contributed by atoms with E-state index in [1.165, 1.54) is 7.11 Å². The van der Waals surface area contributed by atoms with Crippen LogP contribution < -0.4 is 4.74 Å². The van der Waals surface area contributed by atoms with Crippen LogP contribution in [-0.4, -0.2) is 36.5 Å². The zero-order valence-corrected chi connectivity index (χ0v) is 16.9. The molecule has 3 rings (SSSR count). The fraction of sp³-hybridized carbons (Fsp3) is 0.391. The summed E-state index contributed by atoms with van der Waals surface area (Å²) in [6.45, 7) is 6.56. The van der Waals surface area contributed by atoms with Crippen LogP contribution in [-0.2, 0) is 32.7 Å². The summed E-state index contributed by atoms with van der Waals surface area (Å²) in [6.07, 6.45) is 0.452. The molecule has 0 aromatic heterocycles. The number of ether oxygens (including phenoxy) is 2. The van der Waals surface area contributed by atoms with Crippen molar-refractivity contribution in [2.24, 2.45) is 0 Å². The van der Waals surface area contributed by atoms with Gasteiger partial charge in [-0.15, -0.1) is 0 Å². The molecule has 1 unspecified atom stereocenters. The number of amides is 1. The lowest BCUT2D eigenvalue weighted by Gasteiger charge is -2.35. The number of nitrogens with zero attached hydrogens (tertiary/aromatic N) is 1. The Kier molecular flexibility index (Phi) is 5.73. The Bertz CT molecular complexity index is 869. The molecule has 2 aromatic carbocycles. The molecule has 1 heterocycles. The second kappa shape index (κ2) is 8.05. The molecule has 0 saturated carbocycles. The quantitative estimate of drug-likeness (QED) is 0.761. The highest BCUT2D eigenvalue weighted by Gasteiger charge is 2.35. The van der Waals surface area contributed by atoms with Gasteiger partial charge in [0, 0.05) is 13.0 Å². The first-order valence-electron chi connectivity index (χ1n) is 9.47. The molecule has 0 radical (unpaired) electrons. The average Bonchev–Trinajstić information content (AvgIpc) is 2.70. The van der Waals surface area contributed by atoms with Crippen LogP contribution >= 0.6 is 0 Å². The highest BCUT2D eigenvalue weighted by Crippen LogP contribution is 2.31. The largest absolute Gasteiger partial charge is 0.483 e. The van der Waals surface area contributed by atoms with Crippen molar-refractivity contribution in [2.45, 2.75) is 45.2 Å². The minimum Gasteiger partial charge on any atom is -0.483 e. The first kappa shape index (κ1) is 19.9. The fourth-order valence-electron chi connectivity index (χ4n) is 3.57. The molecule has 2 aromatic rings. The second-order valence-electron chi connectivity index (χ2n) is 8.07. The molecule has 1 amide bonds. The number of hydrogen-bond acceptors (Lipinski definition) is 4. The summed E-state index contributed by atoms with van der Waals surface area (Å²) in [5.74, 6) is 0.0573. The summed E-state index contributed by atoms with van der Waals surface area (Å²) in [6, 6.07) is 15.0. The van der Waals surface area contributed by atoms with E-state index in [0.29, 0.717) is 18.7 Å². The third-order valence-corrected chi connectivity index (χ3v) is 5.09. The first-order valence-corrected chi connectivity index (χ1v) is 9.47. The zero-order chi connectivity index (χ0) is 20.3. The van der Waals surface area contributed by atoms with Gasteiger partial charge in [-0.25, -0.2) is 4.79 Å². The van der Waals surface area contributed by atoms with Crippen LogP contribution in [0.2, 0.25) is 0 Å². The van der Waals surface area contributed by atoms with E-state index in [1.54, 1.807) is 4.90 Å². The number of para-hydroxylation sites is 1. The van der Waals surface area contributed by atoms with E-state index in [-0.39, 0.29) is 17.9 Å². The summed E-state index contributed by atoms with van der Waals surface area (Å²) >= 11 is 0. The van der Waals surface area contributed by atoms with E-state index in [4.69, 9.17) is 9.47 Å². The molecular formula is C23H27NO4. The third-order valence-electron chi connectivity index (χ3n) is 5.09. The van der Waals surface area contributed by atoms with Gasteiger partial charge in [-0.1, -0.05) is 63.2 Å². The summed E-state index contributed by atoms with van der Waals surface area (Å²) in [4.78, 5) is 26.8. The molecule has 5 heteroatoms. The summed E-state index contributed by atoms with van der Waals surface area (Å²) in [5, 5.41) is 0. The van der Waals surface area contributed by atoms with Crippen LogP contribution in [0, 0.1) is 0 Å². The van der Waals surface area contributed by atoms with E-state index in [9.17, 15) is 9.59 Å². The van der Waals surface area contributed by atoms with E-state index in [1.807, 2.05) is 48.5 Å². The van der Waals surface area contributed by atoms with Gasteiger partial charge in [-0.2, -0.15) is 0 Å². The Hall–Kier alpha value is -2.82. The predicted octanol–water partition coefficient (Wildman–Crippen LogP) is 3.49. The lowest BCUT2D eigenvalue weighted by Crippen LogP contribution is -2.50. The Morgan fingerprint density at radius 3 is 2.36 bits per heavy atom. The Balaban J connectivity index is 1.79. The molecule has 5 nitrogen and oxygen atoms in total. The van der Waals surface area contributed by atoms with Gasteiger partial charge >= 0.3 is 5.97 Å². The van der Waals surface area contributed by atoms with Crippen LogP contribution in [0.25, 0.3) is 0 Å². The molecular weight excluding hydrogens is 354 g/mol. The number of esters is 1. The number of carbonyl (C=O) groups is 2. The van der Waals surface area contributed by atoms with Crippen LogP contribution in [0.15, 0.2) is 48.5 Å². The Morgan fingerprint density at radius 2 is 1.68 bits per heavy atom. The van der Waals surface area contributed by atoms with Crippen LogP contribution in [0.3, 0.4) is 0 Å². The number of fused-ring (bicyclic) bond motifs is 1. The number of methoxy groups -OCH3 is 1. The van der Waals surface area contributed by atoms with Crippen molar-refractivity contribution in [2.75, 3.05) is 13.7 Å². The van der Waals surface area contributed by atoms with Crippen molar-refractivity contribution in [1.82, 2.24) is 4.90 Å². The molecule has 0 spiro atoms. The van der Waals surface area contributed by atoms with E-state index in [2.05, 4.69) is 20.8 Å². The lowest BCUT2D eigenvalue weighted by molar-refractivity contribution is -0.154. The van der Waals surface area contributed by atoms with Crippen molar-refractivity contribution in [1.29, 1.82) is 0 Å². The normalized spacial score (nSPS) is 16.3. The molecule has 0 N–H and O–H groups in total. The van der Waals surface area contributed by atoms with E-state index >= 15 is 0 Å². The SMILES string of the molecule is COC(=O)C1Cc2ccccc2CN1C(=O)COc1ccccc1C(C)(C)C. The molecule has 0 fully saturated rings. The van der Waals surface area contributed by atoms with Gasteiger partial charge in [-0.05, 0) is 28.2 Å². The van der Waals surface area contributed by atoms with Gasteiger partial charge < -0.3 is 14.4 Å². The number of hydrogen-bond donors (Lipinski definition) is 0. The standard InChI is InChI=1S/C23H27NO4/c1-23(2,3)18-11-7-8-12-20(18)28-15-21(25)24-14-17-10-6-5-9-16(17)13-19(24)22(26)27-4/h5-12,19H,13-15H2,1-4H3. The predicted molar refractivity (Wildman–Crippen MR) is 107 cm³/mol. The first-order chi connectivity index (χ1) is 13.3. The average molecular weight is 381 g/mol. The molecule has 0 aliphatic carbocycles. The number of carbonyl (C=O) groups excluding carboxylic acids is 2. The molecule has 148 valence electrons. The summed E-state index contributed by atoms with van der Waals surface area (Å²) < 4.78 is 10.8. The lowest BCUT2D eigenvalue weighted by atomic mass is 9.86. The van der Waals surface area contributed by atoms with E-state index in [0.717, 1.165) is 16.7 Å². The molecule has 0 bridgehead atoms. The molecule has 0 saturated heterocycles. The maximum Gasteiger partial charge on any atom is 0.328 e. The summed E-state index contributed by atoms with van der Waals surface area (Å²) in [7, 11) is 1.35. The van der Waals surface area contributed by atoms with Gasteiger partial charge in [0.25, 0.3) is 5.91 Å². The zero-order valence-electron chi connectivity index (χ0n) is 16.9. The van der Waals surface area contributed by atoms with Crippen molar-refractivity contribution in [3.05, 3.63) is 65.2 Å². The summed E-state index contributed by atoms with van der Waals surface area (Å²) in [5.41, 5.74) is 3.06. The smallest absolute Gasteiger partial charge is 0.328 e. The van der Waals surface area contributed by atoms with Gasteiger partial charge in [0.15, 0.2) is 6.61 Å². The Labute approximate surface area is 166 Å².